The van der Waals surface area contributed by atoms with E-state index < -0.39 is 0 Å². The van der Waals surface area contributed by atoms with E-state index in [1.165, 1.54) is 0 Å². The first-order chi connectivity index (χ1) is 15.7. The molecule has 166 valence electrons. The van der Waals surface area contributed by atoms with Gasteiger partial charge >= 0.3 is 0 Å². The van der Waals surface area contributed by atoms with Gasteiger partial charge in [-0.3, -0.25) is 9.69 Å². The van der Waals surface area contributed by atoms with Crippen LogP contribution in [0, 0.1) is 0 Å². The van der Waals surface area contributed by atoms with Crippen LogP contribution in [0.3, 0.4) is 0 Å². The van der Waals surface area contributed by atoms with Gasteiger partial charge in [0.05, 0.1) is 18.7 Å². The van der Waals surface area contributed by atoms with Gasteiger partial charge < -0.3 is 19.3 Å². The summed E-state index contributed by atoms with van der Waals surface area (Å²) in [5, 5.41) is 9.17. The SMILES string of the molecule is O=C(c1cccnc1N1CCN(CCO)CC1)N1CCc2oc(-c3ccccc3)nc2C1. The maximum absolute atomic E-state index is 13.5. The Labute approximate surface area is 187 Å². The summed E-state index contributed by atoms with van der Waals surface area (Å²) in [4.78, 5) is 28.9. The zero-order valence-corrected chi connectivity index (χ0v) is 18.0. The van der Waals surface area contributed by atoms with Crippen LogP contribution >= 0.6 is 0 Å². The number of β-amino-alcohol motifs (C(OH)–C–C–N with tert-alkyl or cyclic N) is 1. The van der Waals surface area contributed by atoms with Crippen molar-refractivity contribution in [2.45, 2.75) is 13.0 Å². The van der Waals surface area contributed by atoms with Crippen molar-refractivity contribution in [1.29, 1.82) is 0 Å². The quantitative estimate of drug-likeness (QED) is 0.659. The number of nitrogens with zero attached hydrogens (tertiary/aromatic N) is 5. The first-order valence-electron chi connectivity index (χ1n) is 11.1. The monoisotopic (exact) mass is 433 g/mol. The standard InChI is InChI=1S/C24H27N5O3/c30-16-15-27-11-13-28(14-12-27)22-19(7-4-9-25-22)24(31)29-10-8-21-20(17-29)26-23(32-21)18-5-2-1-3-6-18/h1-7,9,30H,8,10-17H2. The molecule has 1 N–H and O–H groups in total. The highest BCUT2D eigenvalue weighted by molar-refractivity contribution is 5.99. The molecule has 5 rings (SSSR count). The fraction of sp³-hybridized carbons (Fsp3) is 0.375. The first-order valence-corrected chi connectivity index (χ1v) is 11.1. The molecule has 1 amide bonds. The van der Waals surface area contributed by atoms with Crippen LogP contribution < -0.4 is 4.90 Å². The Morgan fingerprint density at radius 3 is 2.62 bits per heavy atom. The second kappa shape index (κ2) is 9.10. The van der Waals surface area contributed by atoms with E-state index in [-0.39, 0.29) is 12.5 Å². The lowest BCUT2D eigenvalue weighted by Crippen LogP contribution is -2.48. The molecule has 2 aliphatic heterocycles. The maximum atomic E-state index is 13.5. The van der Waals surface area contributed by atoms with Crippen LogP contribution in [0.15, 0.2) is 53.1 Å². The summed E-state index contributed by atoms with van der Waals surface area (Å²) in [7, 11) is 0. The van der Waals surface area contributed by atoms with Gasteiger partial charge in [0.25, 0.3) is 5.91 Å². The minimum Gasteiger partial charge on any atom is -0.441 e. The summed E-state index contributed by atoms with van der Waals surface area (Å²) < 4.78 is 5.98. The van der Waals surface area contributed by atoms with Gasteiger partial charge in [0.2, 0.25) is 5.89 Å². The van der Waals surface area contributed by atoms with Crippen LogP contribution in [0.4, 0.5) is 5.82 Å². The molecule has 0 unspecified atom stereocenters. The van der Waals surface area contributed by atoms with Gasteiger partial charge in [-0.1, -0.05) is 18.2 Å². The third-order valence-electron chi connectivity index (χ3n) is 6.14. The van der Waals surface area contributed by atoms with Crippen molar-refractivity contribution in [2.75, 3.05) is 50.8 Å². The lowest BCUT2D eigenvalue weighted by Gasteiger charge is -2.36. The van der Waals surface area contributed by atoms with Gasteiger partial charge in [0.15, 0.2) is 0 Å². The molecule has 3 aromatic rings. The minimum atomic E-state index is -0.0270. The third kappa shape index (κ3) is 4.11. The molecule has 0 aliphatic carbocycles. The van der Waals surface area contributed by atoms with Crippen LogP contribution in [0.2, 0.25) is 0 Å². The highest BCUT2D eigenvalue weighted by Gasteiger charge is 2.29. The highest BCUT2D eigenvalue weighted by Crippen LogP contribution is 2.28. The molecule has 1 fully saturated rings. The largest absolute Gasteiger partial charge is 0.441 e. The van der Waals surface area contributed by atoms with Crippen molar-refractivity contribution in [2.24, 2.45) is 0 Å². The predicted molar refractivity (Wildman–Crippen MR) is 120 cm³/mol. The van der Waals surface area contributed by atoms with Crippen LogP contribution in [-0.2, 0) is 13.0 Å². The maximum Gasteiger partial charge on any atom is 0.257 e. The number of oxazole rings is 1. The average Bonchev–Trinajstić information content (AvgIpc) is 3.28. The molecule has 0 bridgehead atoms. The van der Waals surface area contributed by atoms with Crippen molar-refractivity contribution in [3.63, 3.8) is 0 Å². The Morgan fingerprint density at radius 1 is 1.03 bits per heavy atom. The molecule has 2 aromatic heterocycles. The number of carbonyl (C=O) groups is 1. The summed E-state index contributed by atoms with van der Waals surface area (Å²) in [6.45, 7) is 5.13. The van der Waals surface area contributed by atoms with Gasteiger partial charge in [-0.15, -0.1) is 0 Å². The molecule has 1 saturated heterocycles. The molecule has 32 heavy (non-hydrogen) atoms. The molecule has 8 nitrogen and oxygen atoms in total. The Bertz CT molecular complexity index is 1080. The molecule has 1 aromatic carbocycles. The molecule has 8 heteroatoms. The number of pyridine rings is 1. The van der Waals surface area contributed by atoms with Gasteiger partial charge in [-0.05, 0) is 24.3 Å². The van der Waals surface area contributed by atoms with E-state index in [1.807, 2.05) is 47.4 Å². The van der Waals surface area contributed by atoms with Crippen LogP contribution in [0.1, 0.15) is 21.8 Å². The topological polar surface area (TPSA) is 85.9 Å². The predicted octanol–water partition coefficient (Wildman–Crippen LogP) is 2.05. The zero-order chi connectivity index (χ0) is 21.9. The van der Waals surface area contributed by atoms with Crippen molar-refractivity contribution >= 4 is 11.7 Å². The normalized spacial score (nSPS) is 16.8. The summed E-state index contributed by atoms with van der Waals surface area (Å²) in [6.07, 6.45) is 2.39. The van der Waals surface area contributed by atoms with Gasteiger partial charge in [-0.2, -0.15) is 0 Å². The number of carbonyl (C=O) groups excluding carboxylic acids is 1. The molecule has 4 heterocycles. The van der Waals surface area contributed by atoms with Gasteiger partial charge in [0.1, 0.15) is 17.3 Å². The lowest BCUT2D eigenvalue weighted by molar-refractivity contribution is 0.0728. The molecular formula is C24H27N5O3. The molecule has 0 saturated carbocycles. The van der Waals surface area contributed by atoms with Gasteiger partial charge in [0, 0.05) is 57.4 Å². The number of amides is 1. The zero-order valence-electron chi connectivity index (χ0n) is 18.0. The van der Waals surface area contributed by atoms with E-state index in [2.05, 4.69) is 19.8 Å². The van der Waals surface area contributed by atoms with E-state index in [1.54, 1.807) is 6.20 Å². The highest BCUT2D eigenvalue weighted by atomic mass is 16.4. The van der Waals surface area contributed by atoms with E-state index in [4.69, 9.17) is 9.52 Å². The van der Waals surface area contributed by atoms with E-state index in [0.717, 1.165) is 49.0 Å². The van der Waals surface area contributed by atoms with E-state index in [9.17, 15) is 4.79 Å². The molecule has 0 atom stereocenters. The molecule has 0 radical (unpaired) electrons. The number of benzene rings is 1. The summed E-state index contributed by atoms with van der Waals surface area (Å²) in [5.41, 5.74) is 2.39. The van der Waals surface area contributed by atoms with Crippen molar-refractivity contribution in [1.82, 2.24) is 19.8 Å². The number of piperazine rings is 1. The number of hydrogen-bond acceptors (Lipinski definition) is 7. The van der Waals surface area contributed by atoms with Crippen LogP contribution in [0.25, 0.3) is 11.5 Å². The number of rotatable bonds is 5. The lowest BCUT2D eigenvalue weighted by atomic mass is 10.1. The Kier molecular flexibility index (Phi) is 5.87. The number of fused-ring (bicyclic) bond motifs is 1. The first kappa shape index (κ1) is 20.7. The van der Waals surface area contributed by atoms with E-state index in [0.29, 0.717) is 37.5 Å². The number of aromatic nitrogens is 2. The van der Waals surface area contributed by atoms with Crippen molar-refractivity contribution < 1.29 is 14.3 Å². The fourth-order valence-corrected chi connectivity index (χ4v) is 4.39. The number of anilines is 1. The Balaban J connectivity index is 1.32. The Hall–Kier alpha value is -3.23. The summed E-state index contributed by atoms with van der Waals surface area (Å²) in [6, 6.07) is 13.5. The second-order valence-corrected chi connectivity index (χ2v) is 8.16. The summed E-state index contributed by atoms with van der Waals surface area (Å²) >= 11 is 0. The molecule has 0 spiro atoms. The third-order valence-corrected chi connectivity index (χ3v) is 6.14. The van der Waals surface area contributed by atoms with Crippen molar-refractivity contribution in [3.05, 3.63) is 65.7 Å². The van der Waals surface area contributed by atoms with E-state index >= 15 is 0 Å². The minimum absolute atomic E-state index is 0.0270. The second-order valence-electron chi connectivity index (χ2n) is 8.16. The molecular weight excluding hydrogens is 406 g/mol. The van der Waals surface area contributed by atoms with Crippen LogP contribution in [0.5, 0.6) is 0 Å². The smallest absolute Gasteiger partial charge is 0.257 e. The average molecular weight is 434 g/mol. The molecule has 2 aliphatic rings. The number of aliphatic hydroxyl groups excluding tert-OH is 1. The van der Waals surface area contributed by atoms with Crippen LogP contribution in [-0.4, -0.2) is 76.7 Å². The fourth-order valence-electron chi connectivity index (χ4n) is 4.39. The van der Waals surface area contributed by atoms with Crippen molar-refractivity contribution in [3.8, 4) is 11.5 Å². The number of hydrogen-bond donors (Lipinski definition) is 1. The Morgan fingerprint density at radius 2 is 1.84 bits per heavy atom. The summed E-state index contributed by atoms with van der Waals surface area (Å²) in [5.74, 6) is 2.17. The number of aliphatic hydroxyl groups is 1. The van der Waals surface area contributed by atoms with Gasteiger partial charge in [-0.25, -0.2) is 9.97 Å².